The highest BCUT2D eigenvalue weighted by atomic mass is 127. The first kappa shape index (κ1) is 20.2. The van der Waals surface area contributed by atoms with Crippen LogP contribution in [0, 0.1) is 5.41 Å². The molecule has 2 unspecified atom stereocenters. The van der Waals surface area contributed by atoms with Crippen LogP contribution in [0.2, 0.25) is 0 Å². The predicted molar refractivity (Wildman–Crippen MR) is 110 cm³/mol. The van der Waals surface area contributed by atoms with Crippen molar-refractivity contribution in [1.29, 1.82) is 0 Å². The Hall–Kier alpha value is -0.0800. The number of aliphatic imine (C=N–C) groups is 1. The van der Waals surface area contributed by atoms with E-state index in [4.69, 9.17) is 9.73 Å². The Balaban J connectivity index is 0.00000208. The predicted octanol–water partition coefficient (Wildman–Crippen LogP) is 2.56. The standard InChI is InChI=1S/C18H34N4O.HI/c1-3-16(21-9-5-6-10-21)13-20-17(19-4-2)22-11-7-18(14-22)8-12-23-15-18;/h16H,3-15H2,1-2H3,(H,19,20);1H. The maximum atomic E-state index is 5.66. The Morgan fingerprint density at radius 3 is 2.62 bits per heavy atom. The highest BCUT2D eigenvalue weighted by molar-refractivity contribution is 14.0. The molecule has 1 N–H and O–H groups in total. The van der Waals surface area contributed by atoms with Gasteiger partial charge in [-0.25, -0.2) is 0 Å². The molecular formula is C18H35IN4O. The SMILES string of the molecule is CCNC(=NCC(CC)N1CCCC1)N1CCC2(CCOC2)C1.I. The van der Waals surface area contributed by atoms with Crippen LogP contribution in [0.15, 0.2) is 4.99 Å². The molecule has 0 bridgehead atoms. The van der Waals surface area contributed by atoms with Crippen molar-refractivity contribution < 1.29 is 4.74 Å². The molecule has 3 rings (SSSR count). The van der Waals surface area contributed by atoms with Crippen LogP contribution < -0.4 is 5.32 Å². The first-order chi connectivity index (χ1) is 11.3. The fourth-order valence-corrected chi connectivity index (χ4v) is 4.31. The van der Waals surface area contributed by atoms with Gasteiger partial charge in [0.1, 0.15) is 0 Å². The van der Waals surface area contributed by atoms with Crippen molar-refractivity contribution in [3.05, 3.63) is 0 Å². The molecule has 3 aliphatic rings. The van der Waals surface area contributed by atoms with E-state index in [1.807, 2.05) is 0 Å². The number of guanidine groups is 1. The summed E-state index contributed by atoms with van der Waals surface area (Å²) in [4.78, 5) is 10.1. The lowest BCUT2D eigenvalue weighted by Gasteiger charge is -2.27. The molecule has 0 saturated carbocycles. The fraction of sp³-hybridized carbons (Fsp3) is 0.944. The normalized spacial score (nSPS) is 29.2. The minimum absolute atomic E-state index is 0. The summed E-state index contributed by atoms with van der Waals surface area (Å²) in [6, 6.07) is 0.609. The van der Waals surface area contributed by atoms with Crippen LogP contribution >= 0.6 is 24.0 Å². The summed E-state index contributed by atoms with van der Waals surface area (Å²) < 4.78 is 5.66. The van der Waals surface area contributed by atoms with Crippen LogP contribution in [0.1, 0.15) is 46.0 Å². The van der Waals surface area contributed by atoms with E-state index < -0.39 is 0 Å². The fourth-order valence-electron chi connectivity index (χ4n) is 4.31. The van der Waals surface area contributed by atoms with Crippen LogP contribution in [0.3, 0.4) is 0 Å². The average Bonchev–Trinajstić information content (AvgIpc) is 3.31. The van der Waals surface area contributed by atoms with Crippen LogP contribution in [0.25, 0.3) is 0 Å². The van der Waals surface area contributed by atoms with Crippen molar-refractivity contribution in [2.75, 3.05) is 52.5 Å². The van der Waals surface area contributed by atoms with E-state index in [9.17, 15) is 0 Å². The lowest BCUT2D eigenvalue weighted by molar-refractivity contribution is 0.156. The van der Waals surface area contributed by atoms with E-state index in [1.165, 1.54) is 45.2 Å². The molecule has 3 fully saturated rings. The summed E-state index contributed by atoms with van der Waals surface area (Å²) in [5, 5.41) is 3.52. The Labute approximate surface area is 164 Å². The molecule has 1 spiro atoms. The summed E-state index contributed by atoms with van der Waals surface area (Å²) in [5.74, 6) is 1.12. The minimum Gasteiger partial charge on any atom is -0.381 e. The van der Waals surface area contributed by atoms with E-state index in [0.717, 1.165) is 45.4 Å². The molecule has 0 aromatic carbocycles. The Bertz CT molecular complexity index is 406. The van der Waals surface area contributed by atoms with E-state index >= 15 is 0 Å². The molecule has 3 aliphatic heterocycles. The van der Waals surface area contributed by atoms with E-state index in [0.29, 0.717) is 11.5 Å². The molecule has 140 valence electrons. The molecule has 3 heterocycles. The van der Waals surface area contributed by atoms with Crippen molar-refractivity contribution >= 4 is 29.9 Å². The van der Waals surface area contributed by atoms with Crippen molar-refractivity contribution in [2.24, 2.45) is 10.4 Å². The molecule has 5 nitrogen and oxygen atoms in total. The zero-order valence-corrected chi connectivity index (χ0v) is 17.8. The number of nitrogens with zero attached hydrogens (tertiary/aromatic N) is 3. The van der Waals surface area contributed by atoms with Gasteiger partial charge in [-0.2, -0.15) is 0 Å². The third-order valence-electron chi connectivity index (χ3n) is 5.84. The lowest BCUT2D eigenvalue weighted by atomic mass is 9.87. The van der Waals surface area contributed by atoms with Crippen LogP contribution in [0.5, 0.6) is 0 Å². The lowest BCUT2D eigenvalue weighted by Crippen LogP contribution is -2.43. The summed E-state index contributed by atoms with van der Waals surface area (Å²) in [6.45, 7) is 13.0. The van der Waals surface area contributed by atoms with E-state index in [2.05, 4.69) is 29.0 Å². The van der Waals surface area contributed by atoms with Crippen LogP contribution in [-0.2, 0) is 4.74 Å². The van der Waals surface area contributed by atoms with Crippen molar-refractivity contribution in [3.8, 4) is 0 Å². The molecular weight excluding hydrogens is 415 g/mol. The Kier molecular flexibility index (Phi) is 8.07. The number of likely N-dealkylation sites (tertiary alicyclic amines) is 2. The second-order valence-electron chi connectivity index (χ2n) is 7.47. The van der Waals surface area contributed by atoms with Crippen molar-refractivity contribution in [2.45, 2.75) is 52.0 Å². The molecule has 24 heavy (non-hydrogen) atoms. The van der Waals surface area contributed by atoms with Gasteiger partial charge in [-0.1, -0.05) is 6.92 Å². The molecule has 0 aromatic heterocycles. The number of rotatable bonds is 5. The number of hydrogen-bond donors (Lipinski definition) is 1. The molecule has 0 aliphatic carbocycles. The molecule has 0 amide bonds. The van der Waals surface area contributed by atoms with Crippen LogP contribution in [-0.4, -0.2) is 74.3 Å². The summed E-state index contributed by atoms with van der Waals surface area (Å²) >= 11 is 0. The number of ether oxygens (including phenoxy) is 1. The van der Waals surface area contributed by atoms with Gasteiger partial charge in [0.15, 0.2) is 5.96 Å². The third-order valence-corrected chi connectivity index (χ3v) is 5.84. The maximum absolute atomic E-state index is 5.66. The van der Waals surface area contributed by atoms with Crippen molar-refractivity contribution in [3.63, 3.8) is 0 Å². The van der Waals surface area contributed by atoms with Crippen molar-refractivity contribution in [1.82, 2.24) is 15.1 Å². The highest BCUT2D eigenvalue weighted by Gasteiger charge is 2.42. The van der Waals surface area contributed by atoms with Gasteiger partial charge < -0.3 is 15.0 Å². The Morgan fingerprint density at radius 2 is 2.00 bits per heavy atom. The molecule has 2 atom stereocenters. The second-order valence-corrected chi connectivity index (χ2v) is 7.47. The number of nitrogens with one attached hydrogen (secondary N) is 1. The summed E-state index contributed by atoms with van der Waals surface area (Å²) in [5.41, 5.74) is 0.398. The zero-order valence-electron chi connectivity index (χ0n) is 15.4. The highest BCUT2D eigenvalue weighted by Crippen LogP contribution is 2.38. The minimum atomic E-state index is 0. The maximum Gasteiger partial charge on any atom is 0.193 e. The van der Waals surface area contributed by atoms with Gasteiger partial charge in [-0.05, 0) is 52.1 Å². The Morgan fingerprint density at radius 1 is 1.21 bits per heavy atom. The summed E-state index contributed by atoms with van der Waals surface area (Å²) in [6.07, 6.45) is 6.37. The van der Waals surface area contributed by atoms with Crippen LogP contribution in [0.4, 0.5) is 0 Å². The topological polar surface area (TPSA) is 40.1 Å². The van der Waals surface area contributed by atoms with Gasteiger partial charge in [-0.3, -0.25) is 9.89 Å². The van der Waals surface area contributed by atoms with E-state index in [-0.39, 0.29) is 24.0 Å². The van der Waals surface area contributed by atoms with Gasteiger partial charge in [0.2, 0.25) is 0 Å². The first-order valence-corrected chi connectivity index (χ1v) is 9.61. The molecule has 6 heteroatoms. The summed E-state index contributed by atoms with van der Waals surface area (Å²) in [7, 11) is 0. The van der Waals surface area contributed by atoms with Gasteiger partial charge in [0.25, 0.3) is 0 Å². The zero-order chi connectivity index (χ0) is 16.1. The number of halogens is 1. The third kappa shape index (κ3) is 4.75. The van der Waals surface area contributed by atoms with Gasteiger partial charge in [0, 0.05) is 37.7 Å². The van der Waals surface area contributed by atoms with Gasteiger partial charge in [0.05, 0.1) is 13.2 Å². The van der Waals surface area contributed by atoms with Gasteiger partial charge >= 0.3 is 0 Å². The first-order valence-electron chi connectivity index (χ1n) is 9.61. The largest absolute Gasteiger partial charge is 0.381 e. The molecule has 3 saturated heterocycles. The molecule has 0 aromatic rings. The van der Waals surface area contributed by atoms with Gasteiger partial charge in [-0.15, -0.1) is 24.0 Å². The van der Waals surface area contributed by atoms with E-state index in [1.54, 1.807) is 0 Å². The smallest absolute Gasteiger partial charge is 0.193 e. The second kappa shape index (κ2) is 9.57. The monoisotopic (exact) mass is 450 g/mol. The number of hydrogen-bond acceptors (Lipinski definition) is 3. The quantitative estimate of drug-likeness (QED) is 0.397. The average molecular weight is 450 g/mol. The molecule has 0 radical (unpaired) electrons.